The van der Waals surface area contributed by atoms with Crippen molar-refractivity contribution >= 4 is 23.7 Å². The van der Waals surface area contributed by atoms with Crippen molar-refractivity contribution in [2.24, 2.45) is 0 Å². The van der Waals surface area contributed by atoms with Gasteiger partial charge in [-0.05, 0) is 96.2 Å². The van der Waals surface area contributed by atoms with Crippen LogP contribution in [0.4, 0.5) is 10.5 Å². The van der Waals surface area contributed by atoms with E-state index in [4.69, 9.17) is 18.9 Å². The second-order valence-electron chi connectivity index (χ2n) is 12.6. The van der Waals surface area contributed by atoms with E-state index in [9.17, 15) is 14.4 Å². The van der Waals surface area contributed by atoms with E-state index in [2.05, 4.69) is 27.8 Å². The van der Waals surface area contributed by atoms with Crippen LogP contribution in [-0.2, 0) is 25.5 Å². The van der Waals surface area contributed by atoms with Gasteiger partial charge in [-0.15, -0.1) is 0 Å². The van der Waals surface area contributed by atoms with Crippen molar-refractivity contribution in [3.63, 3.8) is 0 Å². The van der Waals surface area contributed by atoms with Gasteiger partial charge in [-0.2, -0.15) is 0 Å². The Labute approximate surface area is 258 Å². The lowest BCUT2D eigenvalue weighted by Gasteiger charge is -2.26. The molecule has 0 radical (unpaired) electrons. The summed E-state index contributed by atoms with van der Waals surface area (Å²) in [6.45, 7) is 10.4. The highest BCUT2D eigenvalue weighted by Crippen LogP contribution is 2.37. The van der Waals surface area contributed by atoms with Crippen LogP contribution in [0.5, 0.6) is 17.4 Å². The molecular weight excluding hydrogens is 562 g/mol. The van der Waals surface area contributed by atoms with E-state index in [1.165, 1.54) is 6.20 Å². The lowest BCUT2D eigenvalue weighted by atomic mass is 9.97. The van der Waals surface area contributed by atoms with Crippen LogP contribution in [0, 0.1) is 0 Å². The van der Waals surface area contributed by atoms with Crippen molar-refractivity contribution in [2.45, 2.75) is 90.6 Å². The normalized spacial score (nSPS) is 15.2. The minimum absolute atomic E-state index is 0.0166. The molecule has 10 nitrogen and oxygen atoms in total. The predicted octanol–water partition coefficient (Wildman–Crippen LogP) is 6.89. The fraction of sp³-hybridized carbons (Fsp3) is 0.412. The third-order valence-corrected chi connectivity index (χ3v) is 6.44. The Morgan fingerprint density at radius 2 is 1.68 bits per heavy atom. The molecule has 10 heteroatoms. The number of hydrogen-bond donors (Lipinski definition) is 2. The van der Waals surface area contributed by atoms with Gasteiger partial charge in [0, 0.05) is 12.5 Å². The fourth-order valence-corrected chi connectivity index (χ4v) is 4.57. The number of alkyl carbamates (subject to hydrolysis) is 1. The van der Waals surface area contributed by atoms with Crippen molar-refractivity contribution < 1.29 is 33.3 Å². The van der Waals surface area contributed by atoms with Gasteiger partial charge in [-0.25, -0.2) is 9.78 Å². The Morgan fingerprint density at radius 3 is 2.34 bits per heavy atom. The second-order valence-corrected chi connectivity index (χ2v) is 12.6. The number of anilines is 1. The average molecular weight is 604 g/mol. The van der Waals surface area contributed by atoms with Crippen LogP contribution >= 0.6 is 0 Å². The first-order valence-corrected chi connectivity index (χ1v) is 14.7. The number of ether oxygens (including phenoxy) is 4. The van der Waals surface area contributed by atoms with Crippen LogP contribution in [0.3, 0.4) is 0 Å². The number of fused-ring (bicyclic) bond motifs is 1. The molecule has 0 spiro atoms. The molecule has 2 amide bonds. The van der Waals surface area contributed by atoms with E-state index in [0.717, 1.165) is 29.7 Å². The maximum Gasteiger partial charge on any atom is 0.408 e. The summed E-state index contributed by atoms with van der Waals surface area (Å²) in [5, 5.41) is 5.29. The van der Waals surface area contributed by atoms with Gasteiger partial charge in [0.25, 0.3) is 0 Å². The SMILES string of the molecule is CC(C)(C)OC(=O)CC[C@H](NC(=O)OC(C)(C)C)C(=O)Nc1ccc(Oc2ccc3c(c2)CCC(c2ccccc2)O3)nc1. The van der Waals surface area contributed by atoms with E-state index >= 15 is 0 Å². The molecule has 0 fully saturated rings. The van der Waals surface area contributed by atoms with Gasteiger partial charge in [-0.1, -0.05) is 30.3 Å². The number of benzene rings is 2. The summed E-state index contributed by atoms with van der Waals surface area (Å²) in [6, 6.07) is 18.1. The number of nitrogens with one attached hydrogen (secondary N) is 2. The fourth-order valence-electron chi connectivity index (χ4n) is 4.57. The van der Waals surface area contributed by atoms with Gasteiger partial charge >= 0.3 is 12.1 Å². The number of esters is 1. The summed E-state index contributed by atoms with van der Waals surface area (Å²) in [4.78, 5) is 42.1. The van der Waals surface area contributed by atoms with E-state index in [0.29, 0.717) is 17.3 Å². The molecule has 2 heterocycles. The smallest absolute Gasteiger partial charge is 0.408 e. The minimum Gasteiger partial charge on any atom is -0.485 e. The molecule has 3 aromatic rings. The maximum atomic E-state index is 13.1. The number of amides is 2. The number of hydrogen-bond acceptors (Lipinski definition) is 8. The molecule has 0 aliphatic carbocycles. The lowest BCUT2D eigenvalue weighted by Crippen LogP contribution is -2.46. The zero-order valence-corrected chi connectivity index (χ0v) is 26.1. The lowest BCUT2D eigenvalue weighted by molar-refractivity contribution is -0.155. The summed E-state index contributed by atoms with van der Waals surface area (Å²) in [5.74, 6) is 0.797. The van der Waals surface area contributed by atoms with Crippen molar-refractivity contribution in [1.29, 1.82) is 0 Å². The third-order valence-electron chi connectivity index (χ3n) is 6.44. The molecule has 4 rings (SSSR count). The molecule has 44 heavy (non-hydrogen) atoms. The van der Waals surface area contributed by atoms with Gasteiger partial charge in [0.05, 0.1) is 11.9 Å². The number of nitrogens with zero attached hydrogens (tertiary/aromatic N) is 1. The summed E-state index contributed by atoms with van der Waals surface area (Å²) in [5.41, 5.74) is 1.19. The predicted molar refractivity (Wildman–Crippen MR) is 166 cm³/mol. The van der Waals surface area contributed by atoms with Crippen LogP contribution in [-0.4, -0.2) is 40.2 Å². The van der Waals surface area contributed by atoms with Crippen molar-refractivity contribution in [1.82, 2.24) is 10.3 Å². The second kappa shape index (κ2) is 13.8. The third kappa shape index (κ3) is 10.00. The summed E-state index contributed by atoms with van der Waals surface area (Å²) < 4.78 is 22.8. The monoisotopic (exact) mass is 603 g/mol. The number of carbonyl (C=O) groups is 3. The van der Waals surface area contributed by atoms with Gasteiger partial charge in [0.1, 0.15) is 34.8 Å². The van der Waals surface area contributed by atoms with Gasteiger partial charge < -0.3 is 29.6 Å². The summed E-state index contributed by atoms with van der Waals surface area (Å²) >= 11 is 0. The largest absolute Gasteiger partial charge is 0.485 e. The van der Waals surface area contributed by atoms with Crippen LogP contribution in [0.2, 0.25) is 0 Å². The van der Waals surface area contributed by atoms with Crippen LogP contribution < -0.4 is 20.1 Å². The number of carbonyl (C=O) groups excluding carboxylic acids is 3. The first kappa shape index (κ1) is 32.3. The first-order chi connectivity index (χ1) is 20.7. The van der Waals surface area contributed by atoms with E-state index in [1.807, 2.05) is 36.4 Å². The van der Waals surface area contributed by atoms with Crippen molar-refractivity contribution in [2.75, 3.05) is 5.32 Å². The van der Waals surface area contributed by atoms with Crippen LogP contribution in [0.15, 0.2) is 66.9 Å². The van der Waals surface area contributed by atoms with Crippen LogP contribution in [0.25, 0.3) is 0 Å². The number of rotatable bonds is 9. The molecule has 0 saturated heterocycles. The van der Waals surface area contributed by atoms with Crippen LogP contribution in [0.1, 0.15) is 78.0 Å². The Bertz CT molecular complexity index is 1440. The van der Waals surface area contributed by atoms with Crippen molar-refractivity contribution in [3.05, 3.63) is 78.0 Å². The number of pyridine rings is 1. The highest BCUT2D eigenvalue weighted by atomic mass is 16.6. The number of aromatic nitrogens is 1. The van der Waals surface area contributed by atoms with E-state index < -0.39 is 35.2 Å². The zero-order chi connectivity index (χ0) is 31.9. The first-order valence-electron chi connectivity index (χ1n) is 14.7. The molecule has 0 saturated carbocycles. The Kier molecular flexibility index (Phi) is 10.1. The van der Waals surface area contributed by atoms with E-state index in [1.54, 1.807) is 53.7 Å². The Balaban J connectivity index is 1.36. The molecule has 2 aromatic carbocycles. The van der Waals surface area contributed by atoms with Crippen molar-refractivity contribution in [3.8, 4) is 17.4 Å². The highest BCUT2D eigenvalue weighted by molar-refractivity contribution is 5.96. The maximum absolute atomic E-state index is 13.1. The molecule has 234 valence electrons. The quantitative estimate of drug-likeness (QED) is 0.253. The van der Waals surface area contributed by atoms with Gasteiger partial charge in [0.2, 0.25) is 11.8 Å². The number of aryl methyl sites for hydroxylation is 1. The summed E-state index contributed by atoms with van der Waals surface area (Å²) in [7, 11) is 0. The standard InChI is InChI=1S/C34H41N3O7/c1-33(2,3)43-30(38)19-15-26(37-32(40)44-34(4,5)6)31(39)36-24-13-18-29(35-21-24)41-25-14-17-28-23(20-25)12-16-27(42-28)22-10-8-7-9-11-22/h7-11,13-14,17-18,20-21,26-27H,12,15-16,19H2,1-6H3,(H,36,39)(H,37,40)/t26-,27?/m0/s1. The molecule has 2 atom stereocenters. The molecule has 2 N–H and O–H groups in total. The van der Waals surface area contributed by atoms with Gasteiger partial charge in [0.15, 0.2) is 0 Å². The Morgan fingerprint density at radius 1 is 0.955 bits per heavy atom. The molecule has 0 bridgehead atoms. The zero-order valence-electron chi connectivity index (χ0n) is 26.1. The molecular formula is C34H41N3O7. The molecule has 1 aromatic heterocycles. The Hall–Kier alpha value is -4.60. The minimum atomic E-state index is -1.05. The topological polar surface area (TPSA) is 125 Å². The average Bonchev–Trinajstić information content (AvgIpc) is 2.94. The highest BCUT2D eigenvalue weighted by Gasteiger charge is 2.27. The summed E-state index contributed by atoms with van der Waals surface area (Å²) in [6.07, 6.45) is 2.38. The molecule has 1 aliphatic rings. The molecule has 1 unspecified atom stereocenters. The molecule has 1 aliphatic heterocycles. The van der Waals surface area contributed by atoms with E-state index in [-0.39, 0.29) is 18.9 Å². The van der Waals surface area contributed by atoms with Gasteiger partial charge in [-0.3, -0.25) is 9.59 Å².